The van der Waals surface area contributed by atoms with Gasteiger partial charge in [-0.15, -0.1) is 11.6 Å². The van der Waals surface area contributed by atoms with Crippen LogP contribution in [0.15, 0.2) is 30.3 Å². The Hall–Kier alpha value is -1.00. The van der Waals surface area contributed by atoms with Gasteiger partial charge in [0.15, 0.2) is 0 Å². The van der Waals surface area contributed by atoms with Crippen LogP contribution >= 0.6 is 27.5 Å². The Morgan fingerprint density at radius 1 is 1.07 bits per heavy atom. The van der Waals surface area contributed by atoms with Gasteiger partial charge in [0.25, 0.3) is 0 Å². The van der Waals surface area contributed by atoms with Crippen molar-refractivity contribution < 1.29 is 9.90 Å². The highest BCUT2D eigenvalue weighted by Gasteiger charge is 2.31. The number of carboxylic acid groups (broad SMARTS) is 1. The van der Waals surface area contributed by atoms with E-state index in [4.69, 9.17) is 11.6 Å². The van der Waals surface area contributed by atoms with Crippen LogP contribution in [0, 0.1) is 0 Å². The fraction of sp³-hybridized carbons (Fsp3) is 0.640. The Bertz CT molecular complexity index is 776. The van der Waals surface area contributed by atoms with E-state index in [0.717, 1.165) is 29.4 Å². The number of aromatic nitrogens is 1. The number of rotatable bonds is 15. The third kappa shape index (κ3) is 7.60. The lowest BCUT2D eigenvalue weighted by Gasteiger charge is -2.26. The van der Waals surface area contributed by atoms with Crippen molar-refractivity contribution in [3.63, 3.8) is 0 Å². The number of fused-ring (bicyclic) bond motifs is 1. The Labute approximate surface area is 195 Å². The monoisotopic (exact) mass is 497 g/mol. The van der Waals surface area contributed by atoms with Gasteiger partial charge in [-0.1, -0.05) is 98.8 Å². The zero-order chi connectivity index (χ0) is 21.9. The second-order valence-electron chi connectivity index (χ2n) is 8.47. The molecule has 5 heteroatoms. The van der Waals surface area contributed by atoms with Gasteiger partial charge in [-0.3, -0.25) is 4.79 Å². The summed E-state index contributed by atoms with van der Waals surface area (Å²) in [6.07, 6.45) is 12.7. The molecule has 0 aliphatic rings. The number of nitrogens with zero attached hydrogens (tertiary/aromatic N) is 1. The van der Waals surface area contributed by atoms with Gasteiger partial charge in [0, 0.05) is 29.0 Å². The average Bonchev–Trinajstić information content (AvgIpc) is 3.06. The molecule has 168 valence electrons. The van der Waals surface area contributed by atoms with Crippen molar-refractivity contribution in [2.45, 2.75) is 93.7 Å². The van der Waals surface area contributed by atoms with Crippen LogP contribution in [0.1, 0.15) is 89.2 Å². The van der Waals surface area contributed by atoms with Crippen LogP contribution < -0.4 is 0 Å². The van der Waals surface area contributed by atoms with Crippen molar-refractivity contribution >= 4 is 44.4 Å². The van der Waals surface area contributed by atoms with Crippen molar-refractivity contribution in [3.8, 4) is 0 Å². The third-order valence-corrected chi connectivity index (χ3v) is 8.02. The van der Waals surface area contributed by atoms with Gasteiger partial charge in [0.2, 0.25) is 0 Å². The molecule has 0 saturated carbocycles. The second kappa shape index (κ2) is 13.4. The summed E-state index contributed by atoms with van der Waals surface area (Å²) in [6.45, 7) is 2.25. The smallest absolute Gasteiger partial charge is 0.304 e. The fourth-order valence-electron chi connectivity index (χ4n) is 4.30. The standard InChI is InChI=1S/C25H37BrClNO2/c1-3-4-5-6-7-8-9-10-11-15-21(26)25(27)20(18-24(29)30)23-17-19-14-12-13-16-22(19)28(23)2/h12-14,16-17,20-21,25H,3-11,15,18H2,1-2H3,(H,29,30). The number of hydrogen-bond acceptors (Lipinski definition) is 1. The number of unbranched alkanes of at least 4 members (excludes halogenated alkanes) is 8. The van der Waals surface area contributed by atoms with E-state index in [0.29, 0.717) is 0 Å². The summed E-state index contributed by atoms with van der Waals surface area (Å²) in [5, 5.41) is 10.4. The molecule has 1 N–H and O–H groups in total. The van der Waals surface area contributed by atoms with E-state index in [9.17, 15) is 9.90 Å². The summed E-state index contributed by atoms with van der Waals surface area (Å²) < 4.78 is 2.09. The van der Waals surface area contributed by atoms with E-state index < -0.39 is 5.97 Å². The van der Waals surface area contributed by atoms with Crippen molar-refractivity contribution in [1.82, 2.24) is 4.57 Å². The fourth-order valence-corrected chi connectivity index (χ4v) is 5.33. The Kier molecular flexibility index (Phi) is 11.3. The predicted molar refractivity (Wildman–Crippen MR) is 132 cm³/mol. The number of aliphatic carboxylic acids is 1. The molecule has 0 fully saturated rings. The first-order valence-corrected chi connectivity index (χ1v) is 12.8. The first-order chi connectivity index (χ1) is 14.5. The Morgan fingerprint density at radius 2 is 1.67 bits per heavy atom. The summed E-state index contributed by atoms with van der Waals surface area (Å²) in [7, 11) is 2.00. The lowest BCUT2D eigenvalue weighted by atomic mass is 9.93. The first kappa shape index (κ1) is 25.3. The van der Waals surface area contributed by atoms with Gasteiger partial charge >= 0.3 is 5.97 Å². The van der Waals surface area contributed by atoms with Gasteiger partial charge < -0.3 is 9.67 Å². The highest BCUT2D eigenvalue weighted by molar-refractivity contribution is 9.09. The van der Waals surface area contributed by atoms with Crippen LogP contribution in [0.5, 0.6) is 0 Å². The van der Waals surface area contributed by atoms with E-state index in [1.165, 1.54) is 51.4 Å². The van der Waals surface area contributed by atoms with Crippen LogP contribution in [-0.4, -0.2) is 25.8 Å². The molecular weight excluding hydrogens is 462 g/mol. The van der Waals surface area contributed by atoms with Crippen molar-refractivity contribution in [3.05, 3.63) is 36.0 Å². The normalized spacial score (nSPS) is 14.7. The topological polar surface area (TPSA) is 42.2 Å². The second-order valence-corrected chi connectivity index (χ2v) is 10.1. The molecule has 0 amide bonds. The van der Waals surface area contributed by atoms with Crippen molar-refractivity contribution in [2.75, 3.05) is 0 Å². The molecule has 3 atom stereocenters. The van der Waals surface area contributed by atoms with Gasteiger partial charge in [-0.05, 0) is 23.9 Å². The molecule has 0 aliphatic carbocycles. The highest BCUT2D eigenvalue weighted by atomic mass is 79.9. The molecule has 1 aromatic carbocycles. The number of para-hydroxylation sites is 1. The van der Waals surface area contributed by atoms with Gasteiger partial charge in [0.05, 0.1) is 11.8 Å². The summed E-state index contributed by atoms with van der Waals surface area (Å²) >= 11 is 10.6. The predicted octanol–water partition coefficient (Wildman–Crippen LogP) is 8.03. The number of hydrogen-bond donors (Lipinski definition) is 1. The molecule has 3 unspecified atom stereocenters. The van der Waals surface area contributed by atoms with Crippen LogP contribution in [0.2, 0.25) is 0 Å². The largest absolute Gasteiger partial charge is 0.481 e. The molecule has 3 nitrogen and oxygen atoms in total. The van der Waals surface area contributed by atoms with E-state index >= 15 is 0 Å². The number of benzene rings is 1. The highest BCUT2D eigenvalue weighted by Crippen LogP contribution is 2.36. The molecule has 0 bridgehead atoms. The Morgan fingerprint density at radius 3 is 2.27 bits per heavy atom. The summed E-state index contributed by atoms with van der Waals surface area (Å²) in [6, 6.07) is 10.2. The van der Waals surface area contributed by atoms with Gasteiger partial charge in [0.1, 0.15) is 0 Å². The summed E-state index contributed by atoms with van der Waals surface area (Å²) in [5.74, 6) is -1.04. The minimum atomic E-state index is -0.807. The zero-order valence-corrected chi connectivity index (χ0v) is 20.8. The maximum atomic E-state index is 11.6. The van der Waals surface area contributed by atoms with E-state index in [1.807, 2.05) is 19.2 Å². The Balaban J connectivity index is 1.89. The molecule has 1 aromatic heterocycles. The van der Waals surface area contributed by atoms with Crippen LogP contribution in [-0.2, 0) is 11.8 Å². The molecule has 2 rings (SSSR count). The number of carboxylic acids is 1. The lowest BCUT2D eigenvalue weighted by molar-refractivity contribution is -0.137. The van der Waals surface area contributed by atoms with Crippen LogP contribution in [0.4, 0.5) is 0 Å². The number of halogens is 2. The maximum absolute atomic E-state index is 11.6. The summed E-state index contributed by atoms with van der Waals surface area (Å²) in [4.78, 5) is 11.7. The van der Waals surface area contributed by atoms with Crippen LogP contribution in [0.3, 0.4) is 0 Å². The molecule has 0 aliphatic heterocycles. The SMILES string of the molecule is CCCCCCCCCCCC(Br)C(Cl)C(CC(=O)O)c1cc2ccccc2n1C. The molecule has 30 heavy (non-hydrogen) atoms. The average molecular weight is 499 g/mol. The van der Waals surface area contributed by atoms with E-state index in [2.05, 4.69) is 45.6 Å². The van der Waals surface area contributed by atoms with Gasteiger partial charge in [-0.25, -0.2) is 0 Å². The number of aryl methyl sites for hydroxylation is 1. The molecule has 2 aromatic rings. The van der Waals surface area contributed by atoms with E-state index in [-0.39, 0.29) is 22.5 Å². The quantitative estimate of drug-likeness (QED) is 0.199. The van der Waals surface area contributed by atoms with Gasteiger partial charge in [-0.2, -0.15) is 0 Å². The van der Waals surface area contributed by atoms with Crippen molar-refractivity contribution in [1.29, 1.82) is 0 Å². The minimum absolute atomic E-state index is 0.0399. The first-order valence-electron chi connectivity index (χ1n) is 11.5. The lowest BCUT2D eigenvalue weighted by Crippen LogP contribution is -2.26. The zero-order valence-electron chi connectivity index (χ0n) is 18.5. The third-order valence-electron chi connectivity index (χ3n) is 6.08. The molecule has 0 radical (unpaired) electrons. The maximum Gasteiger partial charge on any atom is 0.304 e. The van der Waals surface area contributed by atoms with Crippen molar-refractivity contribution in [2.24, 2.45) is 7.05 Å². The molecule has 0 spiro atoms. The minimum Gasteiger partial charge on any atom is -0.481 e. The molecule has 1 heterocycles. The number of alkyl halides is 2. The van der Waals surface area contributed by atoms with E-state index in [1.54, 1.807) is 0 Å². The molecule has 0 saturated heterocycles. The summed E-state index contributed by atoms with van der Waals surface area (Å²) in [5.41, 5.74) is 2.10. The number of carbonyl (C=O) groups is 1. The molecular formula is C25H37BrClNO2. The van der Waals surface area contributed by atoms with Crippen LogP contribution in [0.25, 0.3) is 10.9 Å².